The number of piperazine rings is 1. The standard InChI is InChI=1S/C21H23N7O2/c1-25-12-14-26(15-13-25)21-19(28(29)30)20(22-16-23-21)24-27(17-8-4-2-5-9-17)18-10-6-3-7-11-18/h2-11,16H,12-15H2,1H3,(H,22,23,24). The molecule has 154 valence electrons. The highest BCUT2D eigenvalue weighted by Gasteiger charge is 2.29. The number of hydrazine groups is 1. The van der Waals surface area contributed by atoms with Gasteiger partial charge in [0.1, 0.15) is 6.33 Å². The van der Waals surface area contributed by atoms with Crippen molar-refractivity contribution in [2.24, 2.45) is 0 Å². The predicted octanol–water partition coefficient (Wildman–Crippen LogP) is 3.30. The van der Waals surface area contributed by atoms with E-state index in [2.05, 4.69) is 20.3 Å². The number of benzene rings is 2. The summed E-state index contributed by atoms with van der Waals surface area (Å²) >= 11 is 0. The van der Waals surface area contributed by atoms with Crippen LogP contribution in [0.1, 0.15) is 0 Å². The Morgan fingerprint density at radius 1 is 0.933 bits per heavy atom. The molecule has 0 saturated carbocycles. The molecule has 30 heavy (non-hydrogen) atoms. The van der Waals surface area contributed by atoms with Crippen LogP contribution in [0, 0.1) is 10.1 Å². The summed E-state index contributed by atoms with van der Waals surface area (Å²) in [6.45, 7) is 3.00. The quantitative estimate of drug-likeness (QED) is 0.493. The van der Waals surface area contributed by atoms with Crippen molar-refractivity contribution < 1.29 is 4.92 Å². The third-order valence-corrected chi connectivity index (χ3v) is 5.03. The topological polar surface area (TPSA) is 90.7 Å². The minimum atomic E-state index is -0.413. The lowest BCUT2D eigenvalue weighted by molar-refractivity contribution is -0.383. The third-order valence-electron chi connectivity index (χ3n) is 5.03. The molecular weight excluding hydrogens is 382 g/mol. The summed E-state index contributed by atoms with van der Waals surface area (Å²) in [6.07, 6.45) is 1.37. The first-order valence-electron chi connectivity index (χ1n) is 9.73. The molecule has 3 aromatic rings. The Morgan fingerprint density at radius 2 is 1.50 bits per heavy atom. The van der Waals surface area contributed by atoms with Crippen LogP contribution in [-0.4, -0.2) is 53.0 Å². The average molecular weight is 405 g/mol. The molecule has 1 saturated heterocycles. The molecule has 4 rings (SSSR count). The molecule has 2 aromatic carbocycles. The molecular formula is C21H23N7O2. The van der Waals surface area contributed by atoms with Gasteiger partial charge >= 0.3 is 5.69 Å². The lowest BCUT2D eigenvalue weighted by Crippen LogP contribution is -2.45. The minimum Gasteiger partial charge on any atom is -0.348 e. The molecule has 1 aliphatic heterocycles. The Kier molecular flexibility index (Phi) is 5.71. The van der Waals surface area contributed by atoms with Crippen LogP contribution in [0.2, 0.25) is 0 Å². The molecule has 1 N–H and O–H groups in total. The summed E-state index contributed by atoms with van der Waals surface area (Å²) in [7, 11) is 2.04. The maximum atomic E-state index is 12.0. The lowest BCUT2D eigenvalue weighted by atomic mass is 10.2. The van der Waals surface area contributed by atoms with Crippen molar-refractivity contribution in [3.63, 3.8) is 0 Å². The van der Waals surface area contributed by atoms with Crippen LogP contribution in [0.25, 0.3) is 0 Å². The molecule has 0 amide bonds. The van der Waals surface area contributed by atoms with Crippen molar-refractivity contribution in [1.82, 2.24) is 14.9 Å². The Balaban J connectivity index is 1.73. The van der Waals surface area contributed by atoms with E-state index >= 15 is 0 Å². The first-order chi connectivity index (χ1) is 14.6. The van der Waals surface area contributed by atoms with Gasteiger partial charge in [-0.2, -0.15) is 0 Å². The van der Waals surface area contributed by atoms with Gasteiger partial charge in [0.25, 0.3) is 0 Å². The molecule has 0 unspecified atom stereocenters. The zero-order chi connectivity index (χ0) is 20.9. The zero-order valence-electron chi connectivity index (χ0n) is 16.7. The SMILES string of the molecule is CN1CCN(c2ncnc(NN(c3ccccc3)c3ccccc3)c2[N+](=O)[O-])CC1. The Labute approximate surface area is 174 Å². The second-order valence-electron chi connectivity index (χ2n) is 7.06. The highest BCUT2D eigenvalue weighted by Crippen LogP contribution is 2.34. The van der Waals surface area contributed by atoms with Crippen LogP contribution in [0.4, 0.5) is 28.7 Å². The molecule has 9 nitrogen and oxygen atoms in total. The molecule has 1 aliphatic rings. The van der Waals surface area contributed by atoms with Crippen molar-refractivity contribution in [2.45, 2.75) is 0 Å². The van der Waals surface area contributed by atoms with E-state index in [0.717, 1.165) is 24.5 Å². The largest absolute Gasteiger partial charge is 0.355 e. The summed E-state index contributed by atoms with van der Waals surface area (Å²) in [6, 6.07) is 19.2. The van der Waals surface area contributed by atoms with Gasteiger partial charge in [0, 0.05) is 26.2 Å². The molecule has 0 radical (unpaired) electrons. The van der Waals surface area contributed by atoms with Gasteiger partial charge in [-0.25, -0.2) is 9.97 Å². The van der Waals surface area contributed by atoms with E-state index < -0.39 is 4.92 Å². The van der Waals surface area contributed by atoms with E-state index in [4.69, 9.17) is 0 Å². The summed E-state index contributed by atoms with van der Waals surface area (Å²) < 4.78 is 0. The number of likely N-dealkylation sites (N-methyl/N-ethyl adjacent to an activating group) is 1. The monoisotopic (exact) mass is 405 g/mol. The first kappa shape index (κ1) is 19.6. The Bertz CT molecular complexity index is 953. The molecule has 1 aromatic heterocycles. The number of nitro groups is 1. The predicted molar refractivity (Wildman–Crippen MR) is 117 cm³/mol. The maximum absolute atomic E-state index is 12.0. The van der Waals surface area contributed by atoms with Gasteiger partial charge in [-0.15, -0.1) is 0 Å². The van der Waals surface area contributed by atoms with Crippen molar-refractivity contribution in [1.29, 1.82) is 0 Å². The second-order valence-corrected chi connectivity index (χ2v) is 7.06. The van der Waals surface area contributed by atoms with E-state index in [1.807, 2.05) is 72.6 Å². The van der Waals surface area contributed by atoms with Crippen LogP contribution in [0.5, 0.6) is 0 Å². The van der Waals surface area contributed by atoms with Crippen LogP contribution in [0.3, 0.4) is 0 Å². The van der Waals surface area contributed by atoms with E-state index in [1.165, 1.54) is 6.33 Å². The highest BCUT2D eigenvalue weighted by atomic mass is 16.6. The summed E-state index contributed by atoms with van der Waals surface area (Å²) in [5.74, 6) is 0.489. The molecule has 1 fully saturated rings. The molecule has 0 spiro atoms. The minimum absolute atomic E-state index is 0.126. The van der Waals surface area contributed by atoms with Gasteiger partial charge in [0.2, 0.25) is 11.6 Å². The second kappa shape index (κ2) is 8.75. The fourth-order valence-electron chi connectivity index (χ4n) is 3.41. The highest BCUT2D eigenvalue weighted by molar-refractivity contribution is 5.75. The van der Waals surface area contributed by atoms with Crippen molar-refractivity contribution >= 4 is 28.7 Å². The number of nitrogens with zero attached hydrogens (tertiary/aromatic N) is 6. The number of aromatic nitrogens is 2. The van der Waals surface area contributed by atoms with Crippen molar-refractivity contribution in [3.8, 4) is 0 Å². The van der Waals surface area contributed by atoms with Crippen LogP contribution in [-0.2, 0) is 0 Å². The number of anilines is 4. The third kappa shape index (κ3) is 4.15. The van der Waals surface area contributed by atoms with E-state index in [9.17, 15) is 10.1 Å². The van der Waals surface area contributed by atoms with E-state index in [-0.39, 0.29) is 11.5 Å². The summed E-state index contributed by atoms with van der Waals surface area (Å²) in [5.41, 5.74) is 4.69. The Morgan fingerprint density at radius 3 is 2.03 bits per heavy atom. The van der Waals surface area contributed by atoms with Gasteiger partial charge in [-0.1, -0.05) is 36.4 Å². The number of para-hydroxylation sites is 2. The van der Waals surface area contributed by atoms with Crippen molar-refractivity contribution in [2.75, 3.05) is 48.6 Å². The molecule has 2 heterocycles. The van der Waals surface area contributed by atoms with Gasteiger partial charge in [-0.3, -0.25) is 20.5 Å². The normalized spacial score (nSPS) is 14.4. The fraction of sp³-hybridized carbons (Fsp3) is 0.238. The Hall–Kier alpha value is -3.72. The average Bonchev–Trinajstić information content (AvgIpc) is 2.79. The summed E-state index contributed by atoms with van der Waals surface area (Å²) in [4.78, 5) is 24.2. The molecule has 0 bridgehead atoms. The van der Waals surface area contributed by atoms with Crippen LogP contribution < -0.4 is 15.3 Å². The van der Waals surface area contributed by atoms with Crippen LogP contribution >= 0.6 is 0 Å². The smallest absolute Gasteiger partial charge is 0.348 e. The zero-order valence-corrected chi connectivity index (χ0v) is 16.7. The number of hydrogen-bond donors (Lipinski definition) is 1. The van der Waals surface area contributed by atoms with Gasteiger partial charge in [-0.05, 0) is 31.3 Å². The number of rotatable bonds is 6. The fourth-order valence-corrected chi connectivity index (χ4v) is 3.41. The van der Waals surface area contributed by atoms with E-state index in [0.29, 0.717) is 18.9 Å². The number of hydrogen-bond acceptors (Lipinski definition) is 8. The molecule has 0 aliphatic carbocycles. The summed E-state index contributed by atoms with van der Waals surface area (Å²) in [5, 5.41) is 13.8. The van der Waals surface area contributed by atoms with E-state index in [1.54, 1.807) is 5.01 Å². The van der Waals surface area contributed by atoms with Crippen molar-refractivity contribution in [3.05, 3.63) is 77.1 Å². The molecule has 0 atom stereocenters. The lowest BCUT2D eigenvalue weighted by Gasteiger charge is -2.33. The van der Waals surface area contributed by atoms with Gasteiger partial charge < -0.3 is 9.80 Å². The van der Waals surface area contributed by atoms with Gasteiger partial charge in [0.05, 0.1) is 16.3 Å². The van der Waals surface area contributed by atoms with Gasteiger partial charge in [0.15, 0.2) is 0 Å². The first-order valence-corrected chi connectivity index (χ1v) is 9.73. The maximum Gasteiger partial charge on any atom is 0.355 e. The van der Waals surface area contributed by atoms with Crippen LogP contribution in [0.15, 0.2) is 67.0 Å². The number of nitrogens with one attached hydrogen (secondary N) is 1. The molecule has 9 heteroatoms.